The number of ether oxygens (including phenoxy) is 1. The quantitative estimate of drug-likeness (QED) is 0.836. The molecule has 0 aliphatic carbocycles. The number of nitrogens with zero attached hydrogens (tertiary/aromatic N) is 2. The number of aromatic nitrogens is 1. The van der Waals surface area contributed by atoms with Gasteiger partial charge in [-0.05, 0) is 18.9 Å². The van der Waals surface area contributed by atoms with Crippen molar-refractivity contribution in [2.45, 2.75) is 31.9 Å². The molecule has 0 bridgehead atoms. The van der Waals surface area contributed by atoms with Crippen molar-refractivity contribution >= 4 is 11.9 Å². The Morgan fingerprint density at radius 2 is 2.17 bits per heavy atom. The zero-order valence-corrected chi connectivity index (χ0v) is 13.0. The van der Waals surface area contributed by atoms with Gasteiger partial charge in [-0.2, -0.15) is 0 Å². The Hall–Kier alpha value is -1.99. The number of carboxylic acid groups (broad SMARTS) is 1. The number of carbonyl (C=O) groups excluding carboxylic acids is 1. The van der Waals surface area contributed by atoms with Crippen molar-refractivity contribution in [3.8, 4) is 0 Å². The van der Waals surface area contributed by atoms with E-state index in [9.17, 15) is 9.59 Å². The summed E-state index contributed by atoms with van der Waals surface area (Å²) in [5.41, 5.74) is 2.74. The van der Waals surface area contributed by atoms with Crippen LogP contribution >= 0.6 is 0 Å². The first kappa shape index (κ1) is 15.9. The third-order valence-corrected chi connectivity index (χ3v) is 4.39. The molecule has 1 aromatic heterocycles. The molecule has 1 amide bonds. The van der Waals surface area contributed by atoms with Gasteiger partial charge < -0.3 is 20.1 Å². The van der Waals surface area contributed by atoms with Crippen molar-refractivity contribution in [3.05, 3.63) is 29.1 Å². The van der Waals surface area contributed by atoms with Gasteiger partial charge in [0.25, 0.3) is 5.91 Å². The highest BCUT2D eigenvalue weighted by Gasteiger charge is 2.27. The van der Waals surface area contributed by atoms with Crippen molar-refractivity contribution in [2.75, 3.05) is 26.2 Å². The van der Waals surface area contributed by atoms with Crippen LogP contribution in [0.1, 0.15) is 34.5 Å². The first-order valence-corrected chi connectivity index (χ1v) is 7.95. The Morgan fingerprint density at radius 3 is 2.91 bits per heavy atom. The maximum Gasteiger partial charge on any atom is 0.329 e. The van der Waals surface area contributed by atoms with Crippen LogP contribution in [0.3, 0.4) is 0 Å². The maximum atomic E-state index is 12.8. The first-order chi connectivity index (χ1) is 11.1. The fourth-order valence-electron chi connectivity index (χ4n) is 3.15. The SMILES string of the molecule is O=C(O)COC1CCN(C(=O)c2ccnc3c2CNCC3)CC1. The number of carbonyl (C=O) groups is 2. The number of hydrogen-bond donors (Lipinski definition) is 2. The molecule has 7 heteroatoms. The molecular weight excluding hydrogens is 298 g/mol. The molecule has 1 fully saturated rings. The van der Waals surface area contributed by atoms with E-state index >= 15 is 0 Å². The molecule has 2 N–H and O–H groups in total. The Labute approximate surface area is 134 Å². The summed E-state index contributed by atoms with van der Waals surface area (Å²) in [6.07, 6.45) is 3.82. The predicted octanol–water partition coefficient (Wildman–Crippen LogP) is 0.433. The van der Waals surface area contributed by atoms with Crippen LogP contribution in [0.25, 0.3) is 0 Å². The number of rotatable bonds is 4. The molecule has 3 rings (SSSR count). The van der Waals surface area contributed by atoms with Crippen molar-refractivity contribution in [1.82, 2.24) is 15.2 Å². The largest absolute Gasteiger partial charge is 0.480 e. The standard InChI is InChI=1S/C16H21N3O4/c20-15(21)10-23-11-3-7-19(8-4-11)16(22)12-1-6-18-14-2-5-17-9-13(12)14/h1,6,11,17H,2-5,7-10H2,(H,20,21). The average Bonchev–Trinajstić information content (AvgIpc) is 2.59. The third-order valence-electron chi connectivity index (χ3n) is 4.39. The van der Waals surface area contributed by atoms with Crippen molar-refractivity contribution < 1.29 is 19.4 Å². The molecule has 23 heavy (non-hydrogen) atoms. The molecule has 124 valence electrons. The number of amides is 1. The van der Waals surface area contributed by atoms with Crippen molar-refractivity contribution in [2.24, 2.45) is 0 Å². The van der Waals surface area contributed by atoms with E-state index in [-0.39, 0.29) is 18.6 Å². The minimum atomic E-state index is -0.959. The van der Waals surface area contributed by atoms with Crippen molar-refractivity contribution in [1.29, 1.82) is 0 Å². The van der Waals surface area contributed by atoms with Crippen molar-refractivity contribution in [3.63, 3.8) is 0 Å². The van der Waals surface area contributed by atoms with E-state index in [1.807, 2.05) is 4.90 Å². The van der Waals surface area contributed by atoms with Gasteiger partial charge in [0, 0.05) is 55.6 Å². The number of likely N-dealkylation sites (tertiary alicyclic amines) is 1. The second-order valence-electron chi connectivity index (χ2n) is 5.91. The predicted molar refractivity (Wildman–Crippen MR) is 82.2 cm³/mol. The summed E-state index contributed by atoms with van der Waals surface area (Å²) in [5, 5.41) is 11.9. The number of hydrogen-bond acceptors (Lipinski definition) is 5. The normalized spacial score (nSPS) is 18.5. The summed E-state index contributed by atoms with van der Waals surface area (Å²) >= 11 is 0. The third kappa shape index (κ3) is 3.68. The average molecular weight is 319 g/mol. The maximum absolute atomic E-state index is 12.8. The van der Waals surface area contributed by atoms with Crippen LogP contribution in [-0.4, -0.2) is 59.2 Å². The molecule has 7 nitrogen and oxygen atoms in total. The lowest BCUT2D eigenvalue weighted by Crippen LogP contribution is -2.42. The molecule has 3 heterocycles. The topological polar surface area (TPSA) is 91.8 Å². The number of piperidine rings is 1. The number of nitrogens with one attached hydrogen (secondary N) is 1. The van der Waals surface area contributed by atoms with E-state index in [1.165, 1.54) is 0 Å². The zero-order chi connectivity index (χ0) is 16.2. The van der Waals surface area contributed by atoms with E-state index in [0.717, 1.165) is 29.8 Å². The van der Waals surface area contributed by atoms with Gasteiger partial charge in [-0.25, -0.2) is 4.79 Å². The van der Waals surface area contributed by atoms with Gasteiger partial charge in [0.1, 0.15) is 6.61 Å². The van der Waals surface area contributed by atoms with E-state index in [0.29, 0.717) is 32.5 Å². The van der Waals surface area contributed by atoms with Crippen LogP contribution in [0.4, 0.5) is 0 Å². The number of fused-ring (bicyclic) bond motifs is 1. The summed E-state index contributed by atoms with van der Waals surface area (Å²) in [4.78, 5) is 29.5. The van der Waals surface area contributed by atoms with Gasteiger partial charge >= 0.3 is 5.97 Å². The fraction of sp³-hybridized carbons (Fsp3) is 0.562. The lowest BCUT2D eigenvalue weighted by molar-refractivity contribution is -0.145. The van der Waals surface area contributed by atoms with Crippen LogP contribution in [0.2, 0.25) is 0 Å². The molecule has 0 aromatic carbocycles. The monoisotopic (exact) mass is 319 g/mol. The van der Waals surface area contributed by atoms with Crippen LogP contribution < -0.4 is 5.32 Å². The Kier molecular flexibility index (Phi) is 4.88. The van der Waals surface area contributed by atoms with Crippen LogP contribution in [-0.2, 0) is 22.5 Å². The van der Waals surface area contributed by atoms with Crippen LogP contribution in [0.5, 0.6) is 0 Å². The summed E-state index contributed by atoms with van der Waals surface area (Å²) < 4.78 is 5.31. The van der Waals surface area contributed by atoms with E-state index < -0.39 is 5.97 Å². The van der Waals surface area contributed by atoms with Crippen LogP contribution in [0.15, 0.2) is 12.3 Å². The highest BCUT2D eigenvalue weighted by atomic mass is 16.5. The zero-order valence-electron chi connectivity index (χ0n) is 13.0. The van der Waals surface area contributed by atoms with E-state index in [4.69, 9.17) is 9.84 Å². The van der Waals surface area contributed by atoms with Gasteiger partial charge in [-0.1, -0.05) is 0 Å². The molecule has 0 radical (unpaired) electrons. The van der Waals surface area contributed by atoms with E-state index in [2.05, 4.69) is 10.3 Å². The van der Waals surface area contributed by atoms with Gasteiger partial charge in [-0.3, -0.25) is 9.78 Å². The Morgan fingerprint density at radius 1 is 1.39 bits per heavy atom. The lowest BCUT2D eigenvalue weighted by atomic mass is 9.99. The smallest absolute Gasteiger partial charge is 0.329 e. The highest BCUT2D eigenvalue weighted by molar-refractivity contribution is 5.96. The van der Waals surface area contributed by atoms with Gasteiger partial charge in [-0.15, -0.1) is 0 Å². The summed E-state index contributed by atoms with van der Waals surface area (Å²) in [7, 11) is 0. The number of carboxylic acids is 1. The Balaban J connectivity index is 1.63. The first-order valence-electron chi connectivity index (χ1n) is 7.95. The van der Waals surface area contributed by atoms with Gasteiger partial charge in [0.05, 0.1) is 6.10 Å². The molecule has 0 saturated carbocycles. The number of pyridine rings is 1. The van der Waals surface area contributed by atoms with Gasteiger partial charge in [0.15, 0.2) is 0 Å². The summed E-state index contributed by atoms with van der Waals surface area (Å²) in [6.45, 7) is 2.48. The minimum absolute atomic E-state index is 0.0315. The summed E-state index contributed by atoms with van der Waals surface area (Å²) in [6, 6.07) is 1.79. The molecule has 0 atom stereocenters. The molecule has 1 saturated heterocycles. The lowest BCUT2D eigenvalue weighted by Gasteiger charge is -2.32. The number of aliphatic carboxylic acids is 1. The molecule has 0 spiro atoms. The fourth-order valence-corrected chi connectivity index (χ4v) is 3.15. The molecule has 2 aliphatic rings. The second-order valence-corrected chi connectivity index (χ2v) is 5.91. The Bertz CT molecular complexity index is 597. The summed E-state index contributed by atoms with van der Waals surface area (Å²) in [5.74, 6) is -0.927. The minimum Gasteiger partial charge on any atom is -0.480 e. The highest BCUT2D eigenvalue weighted by Crippen LogP contribution is 2.21. The molecular formula is C16H21N3O4. The van der Waals surface area contributed by atoms with Gasteiger partial charge in [0.2, 0.25) is 0 Å². The molecule has 1 aromatic rings. The van der Waals surface area contributed by atoms with Crippen LogP contribution in [0, 0.1) is 0 Å². The molecule has 2 aliphatic heterocycles. The molecule has 0 unspecified atom stereocenters. The second kappa shape index (κ2) is 7.06. The van der Waals surface area contributed by atoms with E-state index in [1.54, 1.807) is 12.3 Å².